The maximum absolute atomic E-state index is 12.7. The molecule has 1 aromatic carbocycles. The fraction of sp³-hybridized carbons (Fsp3) is 0.333. The van der Waals surface area contributed by atoms with Crippen LogP contribution in [0.2, 0.25) is 0 Å². The molecule has 0 aromatic heterocycles. The Morgan fingerprint density at radius 2 is 2.22 bits per heavy atom. The fourth-order valence-corrected chi connectivity index (χ4v) is 2.08. The molecule has 3 nitrogen and oxygen atoms in total. The number of alkyl halides is 2. The summed E-state index contributed by atoms with van der Waals surface area (Å²) in [6.07, 6.45) is -2.81. The lowest BCUT2D eigenvalue weighted by Gasteiger charge is -2.09. The van der Waals surface area contributed by atoms with Gasteiger partial charge >= 0.3 is 5.97 Å². The van der Waals surface area contributed by atoms with Crippen molar-refractivity contribution in [2.75, 3.05) is 6.61 Å². The summed E-state index contributed by atoms with van der Waals surface area (Å²) in [5.41, 5.74) is 0.0302. The van der Waals surface area contributed by atoms with E-state index in [0.29, 0.717) is 9.13 Å². The Balaban J connectivity index is 3.10. The number of nitrogens with zero attached hydrogens (tertiary/aromatic N) is 1. The quantitative estimate of drug-likeness (QED) is 0.608. The molecule has 0 amide bonds. The van der Waals surface area contributed by atoms with Crippen LogP contribution < -0.4 is 0 Å². The molecule has 0 aliphatic rings. The van der Waals surface area contributed by atoms with Gasteiger partial charge in [-0.15, -0.1) is 0 Å². The van der Waals surface area contributed by atoms with Gasteiger partial charge in [0.15, 0.2) is 0 Å². The van der Waals surface area contributed by atoms with E-state index in [1.807, 2.05) is 22.6 Å². The lowest BCUT2D eigenvalue weighted by molar-refractivity contribution is -0.142. The van der Waals surface area contributed by atoms with Gasteiger partial charge in [0, 0.05) is 9.13 Å². The number of hydrogen-bond donors (Lipinski definition) is 0. The van der Waals surface area contributed by atoms with E-state index in [1.54, 1.807) is 13.0 Å². The van der Waals surface area contributed by atoms with Crippen LogP contribution in [0.5, 0.6) is 0 Å². The second-order valence-corrected chi connectivity index (χ2v) is 4.59. The number of esters is 1. The molecule has 0 saturated carbocycles. The van der Waals surface area contributed by atoms with Gasteiger partial charge in [0.05, 0.1) is 24.7 Å². The first-order valence-corrected chi connectivity index (χ1v) is 6.23. The smallest absolute Gasteiger partial charge is 0.310 e. The molecule has 0 atom stereocenters. The molecule has 0 fully saturated rings. The highest BCUT2D eigenvalue weighted by atomic mass is 127. The molecular weight excluding hydrogens is 355 g/mol. The van der Waals surface area contributed by atoms with Crippen LogP contribution in [0, 0.1) is 14.9 Å². The van der Waals surface area contributed by atoms with E-state index in [2.05, 4.69) is 0 Å². The van der Waals surface area contributed by atoms with E-state index in [4.69, 9.17) is 10.00 Å². The van der Waals surface area contributed by atoms with Crippen LogP contribution >= 0.6 is 22.6 Å². The molecule has 1 rings (SSSR count). The molecule has 0 heterocycles. The molecule has 0 bridgehead atoms. The average Bonchev–Trinajstić information content (AvgIpc) is 2.31. The van der Waals surface area contributed by atoms with Gasteiger partial charge in [0.1, 0.15) is 0 Å². The molecule has 0 saturated heterocycles. The predicted octanol–water partition coefficient (Wildman–Crippen LogP) is 3.21. The monoisotopic (exact) mass is 365 g/mol. The third kappa shape index (κ3) is 3.63. The minimum Gasteiger partial charge on any atom is -0.466 e. The Morgan fingerprint density at radius 1 is 1.56 bits per heavy atom. The summed E-state index contributed by atoms with van der Waals surface area (Å²) in [4.78, 5) is 11.3. The summed E-state index contributed by atoms with van der Waals surface area (Å²) >= 11 is 1.91. The number of halogens is 3. The van der Waals surface area contributed by atoms with Crippen LogP contribution in [0.15, 0.2) is 12.1 Å². The second-order valence-electron chi connectivity index (χ2n) is 3.43. The normalized spacial score (nSPS) is 10.2. The van der Waals surface area contributed by atoms with Crippen LogP contribution in [-0.2, 0) is 16.0 Å². The van der Waals surface area contributed by atoms with Crippen molar-refractivity contribution >= 4 is 28.6 Å². The Labute approximate surface area is 117 Å². The Bertz CT molecular complexity index is 498. The number of benzene rings is 1. The molecular formula is C12H10F2INO2. The first-order valence-electron chi connectivity index (χ1n) is 5.15. The maximum atomic E-state index is 12.7. The highest BCUT2D eigenvalue weighted by Gasteiger charge is 2.17. The number of ether oxygens (including phenoxy) is 1. The number of rotatable bonds is 4. The minimum atomic E-state index is -2.74. The second kappa shape index (κ2) is 6.64. The van der Waals surface area contributed by atoms with Crippen molar-refractivity contribution < 1.29 is 18.3 Å². The maximum Gasteiger partial charge on any atom is 0.310 e. The van der Waals surface area contributed by atoms with Gasteiger partial charge in [-0.25, -0.2) is 8.78 Å². The summed E-state index contributed by atoms with van der Waals surface area (Å²) in [6, 6.07) is 4.28. The van der Waals surface area contributed by atoms with Crippen LogP contribution in [-0.4, -0.2) is 12.6 Å². The third-order valence-corrected chi connectivity index (χ3v) is 3.22. The van der Waals surface area contributed by atoms with E-state index >= 15 is 0 Å². The van der Waals surface area contributed by atoms with Crippen molar-refractivity contribution in [3.05, 3.63) is 32.4 Å². The first kappa shape index (κ1) is 14.8. The zero-order valence-electron chi connectivity index (χ0n) is 9.54. The van der Waals surface area contributed by atoms with Gasteiger partial charge in [-0.05, 0) is 47.2 Å². The van der Waals surface area contributed by atoms with Gasteiger partial charge in [-0.2, -0.15) is 5.26 Å². The van der Waals surface area contributed by atoms with Crippen LogP contribution in [0.1, 0.15) is 30.0 Å². The number of hydrogen-bond acceptors (Lipinski definition) is 3. The van der Waals surface area contributed by atoms with Gasteiger partial charge in [0.2, 0.25) is 0 Å². The molecule has 0 N–H and O–H groups in total. The largest absolute Gasteiger partial charge is 0.466 e. The van der Waals surface area contributed by atoms with Crippen molar-refractivity contribution in [2.45, 2.75) is 19.8 Å². The number of nitriles is 1. The molecule has 6 heteroatoms. The highest BCUT2D eigenvalue weighted by Crippen LogP contribution is 2.27. The topological polar surface area (TPSA) is 50.1 Å². The van der Waals surface area contributed by atoms with Gasteiger partial charge in [0.25, 0.3) is 6.43 Å². The average molecular weight is 365 g/mol. The fourth-order valence-electron chi connectivity index (χ4n) is 1.42. The van der Waals surface area contributed by atoms with Crippen molar-refractivity contribution in [1.82, 2.24) is 0 Å². The van der Waals surface area contributed by atoms with E-state index < -0.39 is 12.4 Å². The standard InChI is InChI=1S/C12H10F2INO2/c1-2-18-11(17)5-7-3-9(12(13)14)8(6-16)4-10(7)15/h3-4,12H,2,5H2,1H3. The highest BCUT2D eigenvalue weighted by molar-refractivity contribution is 14.1. The zero-order chi connectivity index (χ0) is 13.7. The summed E-state index contributed by atoms with van der Waals surface area (Å²) in [5.74, 6) is -0.472. The van der Waals surface area contributed by atoms with Crippen LogP contribution in [0.4, 0.5) is 8.78 Å². The summed E-state index contributed by atoms with van der Waals surface area (Å²) in [6.45, 7) is 1.92. The van der Waals surface area contributed by atoms with Crippen molar-refractivity contribution in [3.8, 4) is 6.07 Å². The van der Waals surface area contributed by atoms with Gasteiger partial charge < -0.3 is 4.74 Å². The molecule has 0 aliphatic carbocycles. The first-order chi connectivity index (χ1) is 8.49. The van der Waals surface area contributed by atoms with Crippen molar-refractivity contribution in [1.29, 1.82) is 5.26 Å². The Hall–Kier alpha value is -1.23. The van der Waals surface area contributed by atoms with E-state index in [0.717, 1.165) is 0 Å². The van der Waals surface area contributed by atoms with Crippen LogP contribution in [0.3, 0.4) is 0 Å². The van der Waals surface area contributed by atoms with E-state index in [9.17, 15) is 13.6 Å². The number of carbonyl (C=O) groups excluding carboxylic acids is 1. The summed E-state index contributed by atoms with van der Waals surface area (Å²) in [5, 5.41) is 8.77. The van der Waals surface area contributed by atoms with Crippen LogP contribution in [0.25, 0.3) is 0 Å². The minimum absolute atomic E-state index is 0.0676. The molecule has 18 heavy (non-hydrogen) atoms. The van der Waals surface area contributed by atoms with E-state index in [-0.39, 0.29) is 24.2 Å². The third-order valence-electron chi connectivity index (χ3n) is 2.21. The SMILES string of the molecule is CCOC(=O)Cc1cc(C(F)F)c(C#N)cc1I. The zero-order valence-corrected chi connectivity index (χ0v) is 11.7. The molecule has 96 valence electrons. The summed E-state index contributed by atoms with van der Waals surface area (Å²) < 4.78 is 30.8. The van der Waals surface area contributed by atoms with Crippen molar-refractivity contribution in [3.63, 3.8) is 0 Å². The number of carbonyl (C=O) groups is 1. The van der Waals surface area contributed by atoms with Gasteiger partial charge in [-0.3, -0.25) is 4.79 Å². The molecule has 0 spiro atoms. The Kier molecular flexibility index (Phi) is 5.47. The molecule has 0 unspecified atom stereocenters. The summed E-state index contributed by atoms with van der Waals surface area (Å²) in [7, 11) is 0. The van der Waals surface area contributed by atoms with Gasteiger partial charge in [-0.1, -0.05) is 0 Å². The molecule has 1 aromatic rings. The van der Waals surface area contributed by atoms with Crippen molar-refractivity contribution in [2.24, 2.45) is 0 Å². The van der Waals surface area contributed by atoms with E-state index in [1.165, 1.54) is 12.1 Å². The molecule has 0 aliphatic heterocycles. The Morgan fingerprint density at radius 3 is 2.72 bits per heavy atom. The molecule has 0 radical (unpaired) electrons. The predicted molar refractivity (Wildman–Crippen MR) is 69.2 cm³/mol. The lowest BCUT2D eigenvalue weighted by atomic mass is 10.0. The lowest BCUT2D eigenvalue weighted by Crippen LogP contribution is -2.09.